The van der Waals surface area contributed by atoms with Gasteiger partial charge in [0.2, 0.25) is 0 Å². The Kier molecular flexibility index (Phi) is 4.10. The van der Waals surface area contributed by atoms with Gasteiger partial charge in [0, 0.05) is 48.9 Å². The quantitative estimate of drug-likeness (QED) is 0.918. The Labute approximate surface area is 124 Å². The predicted molar refractivity (Wildman–Crippen MR) is 83.7 cm³/mol. The van der Waals surface area contributed by atoms with Crippen LogP contribution in [0.3, 0.4) is 0 Å². The van der Waals surface area contributed by atoms with Crippen LogP contribution < -0.4 is 10.2 Å². The number of anilines is 1. The fourth-order valence-corrected chi connectivity index (χ4v) is 2.92. The van der Waals surface area contributed by atoms with Gasteiger partial charge < -0.3 is 15.1 Å². The summed E-state index contributed by atoms with van der Waals surface area (Å²) in [5.74, 6) is 0. The molecule has 0 unspecified atom stereocenters. The molecule has 3 rings (SSSR count). The van der Waals surface area contributed by atoms with Crippen LogP contribution in [0, 0.1) is 0 Å². The first-order valence-corrected chi connectivity index (χ1v) is 7.97. The van der Waals surface area contributed by atoms with Gasteiger partial charge in [-0.05, 0) is 37.6 Å². The highest BCUT2D eigenvalue weighted by atomic mass is 79.9. The highest BCUT2D eigenvalue weighted by Crippen LogP contribution is 2.27. The summed E-state index contributed by atoms with van der Waals surface area (Å²) in [5.41, 5.74) is 2.83. The second-order valence-electron chi connectivity index (χ2n) is 5.72. The van der Waals surface area contributed by atoms with E-state index in [4.69, 9.17) is 0 Å². The number of halogens is 1. The molecule has 0 bridgehead atoms. The van der Waals surface area contributed by atoms with E-state index in [0.717, 1.165) is 38.8 Å². The van der Waals surface area contributed by atoms with Crippen molar-refractivity contribution in [2.24, 2.45) is 0 Å². The third-order valence-electron chi connectivity index (χ3n) is 4.05. The number of hydrogen-bond acceptors (Lipinski definition) is 3. The van der Waals surface area contributed by atoms with Gasteiger partial charge >= 0.3 is 0 Å². The maximum Gasteiger partial charge on any atom is 0.0424 e. The van der Waals surface area contributed by atoms with Gasteiger partial charge in [-0.3, -0.25) is 0 Å². The molecule has 1 aliphatic heterocycles. The molecule has 2 aliphatic rings. The van der Waals surface area contributed by atoms with Gasteiger partial charge in [0.15, 0.2) is 0 Å². The molecule has 1 saturated heterocycles. The zero-order valence-electron chi connectivity index (χ0n) is 11.5. The summed E-state index contributed by atoms with van der Waals surface area (Å²) in [4.78, 5) is 4.92. The van der Waals surface area contributed by atoms with Crippen LogP contribution in [-0.4, -0.2) is 44.2 Å². The third-order valence-corrected chi connectivity index (χ3v) is 4.54. The normalized spacial score (nSPS) is 20.8. The van der Waals surface area contributed by atoms with Gasteiger partial charge in [0.25, 0.3) is 0 Å². The predicted octanol–water partition coefficient (Wildman–Crippen LogP) is 2.45. The minimum absolute atomic E-state index is 0.768. The minimum atomic E-state index is 0.768. The Morgan fingerprint density at radius 1 is 1.21 bits per heavy atom. The lowest BCUT2D eigenvalue weighted by Gasteiger charge is -2.35. The summed E-state index contributed by atoms with van der Waals surface area (Å²) in [6, 6.07) is 7.45. The second-order valence-corrected chi connectivity index (χ2v) is 6.63. The standard InChI is InChI=1S/C15H22BrN3/c1-18-6-8-19(9-7-18)15-10-13(16)3-2-12(15)11-17-14-4-5-14/h2-3,10,14,17H,4-9,11H2,1H3. The van der Waals surface area contributed by atoms with E-state index in [1.165, 1.54) is 28.6 Å². The molecule has 4 heteroatoms. The highest BCUT2D eigenvalue weighted by molar-refractivity contribution is 9.10. The third kappa shape index (κ3) is 3.50. The monoisotopic (exact) mass is 323 g/mol. The lowest BCUT2D eigenvalue weighted by Crippen LogP contribution is -2.45. The van der Waals surface area contributed by atoms with Gasteiger partial charge in [-0.15, -0.1) is 0 Å². The van der Waals surface area contributed by atoms with Crippen LogP contribution in [0.4, 0.5) is 5.69 Å². The van der Waals surface area contributed by atoms with Gasteiger partial charge in [0.1, 0.15) is 0 Å². The van der Waals surface area contributed by atoms with Crippen molar-refractivity contribution in [3.05, 3.63) is 28.2 Å². The molecule has 1 aromatic carbocycles. The van der Waals surface area contributed by atoms with Gasteiger partial charge in [-0.2, -0.15) is 0 Å². The molecule has 19 heavy (non-hydrogen) atoms. The Hall–Kier alpha value is -0.580. The summed E-state index contributed by atoms with van der Waals surface area (Å²) in [5, 5.41) is 3.63. The number of nitrogens with one attached hydrogen (secondary N) is 1. The molecule has 0 radical (unpaired) electrons. The number of hydrogen-bond donors (Lipinski definition) is 1. The summed E-state index contributed by atoms with van der Waals surface area (Å²) in [6.07, 6.45) is 2.70. The van der Waals surface area contributed by atoms with Crippen molar-refractivity contribution in [1.29, 1.82) is 0 Å². The molecule has 3 nitrogen and oxygen atoms in total. The van der Waals surface area contributed by atoms with Crippen molar-refractivity contribution in [1.82, 2.24) is 10.2 Å². The van der Waals surface area contributed by atoms with E-state index in [0.29, 0.717) is 0 Å². The molecule has 1 aliphatic carbocycles. The van der Waals surface area contributed by atoms with Crippen LogP contribution in [0.2, 0.25) is 0 Å². The van der Waals surface area contributed by atoms with Crippen LogP contribution >= 0.6 is 15.9 Å². The molecule has 1 heterocycles. The van der Waals surface area contributed by atoms with E-state index in [1.807, 2.05) is 0 Å². The molecule has 0 spiro atoms. The fraction of sp³-hybridized carbons (Fsp3) is 0.600. The zero-order valence-corrected chi connectivity index (χ0v) is 13.1. The Bertz CT molecular complexity index is 437. The topological polar surface area (TPSA) is 18.5 Å². The van der Waals surface area contributed by atoms with E-state index in [1.54, 1.807) is 0 Å². The number of nitrogens with zero attached hydrogens (tertiary/aromatic N) is 2. The minimum Gasteiger partial charge on any atom is -0.369 e. The van der Waals surface area contributed by atoms with E-state index in [9.17, 15) is 0 Å². The molecule has 104 valence electrons. The van der Waals surface area contributed by atoms with Crippen molar-refractivity contribution in [3.8, 4) is 0 Å². The Morgan fingerprint density at radius 3 is 2.63 bits per heavy atom. The number of piperazine rings is 1. The summed E-state index contributed by atoms with van der Waals surface area (Å²) < 4.78 is 1.18. The van der Waals surface area contributed by atoms with Gasteiger partial charge in [-0.1, -0.05) is 22.0 Å². The molecule has 1 saturated carbocycles. The SMILES string of the molecule is CN1CCN(c2cc(Br)ccc2CNC2CC2)CC1. The van der Waals surface area contributed by atoms with Crippen molar-refractivity contribution in [2.75, 3.05) is 38.1 Å². The average Bonchev–Trinajstić information content (AvgIpc) is 3.22. The van der Waals surface area contributed by atoms with Crippen molar-refractivity contribution in [2.45, 2.75) is 25.4 Å². The van der Waals surface area contributed by atoms with E-state index in [-0.39, 0.29) is 0 Å². The molecular formula is C15H22BrN3. The van der Waals surface area contributed by atoms with Crippen molar-refractivity contribution < 1.29 is 0 Å². The maximum atomic E-state index is 3.63. The van der Waals surface area contributed by atoms with E-state index in [2.05, 4.69) is 56.3 Å². The highest BCUT2D eigenvalue weighted by Gasteiger charge is 2.22. The molecule has 2 fully saturated rings. The first kappa shape index (κ1) is 13.4. The summed E-state index contributed by atoms with van der Waals surface area (Å²) in [7, 11) is 2.20. The first-order valence-electron chi connectivity index (χ1n) is 7.18. The Morgan fingerprint density at radius 2 is 1.95 bits per heavy atom. The van der Waals surface area contributed by atoms with Crippen LogP contribution in [-0.2, 0) is 6.54 Å². The van der Waals surface area contributed by atoms with E-state index < -0.39 is 0 Å². The van der Waals surface area contributed by atoms with Crippen LogP contribution in [0.25, 0.3) is 0 Å². The molecule has 0 amide bonds. The molecule has 0 aromatic heterocycles. The smallest absolute Gasteiger partial charge is 0.0424 e. The van der Waals surface area contributed by atoms with Gasteiger partial charge in [0.05, 0.1) is 0 Å². The van der Waals surface area contributed by atoms with Crippen LogP contribution in [0.15, 0.2) is 22.7 Å². The van der Waals surface area contributed by atoms with Crippen LogP contribution in [0.1, 0.15) is 18.4 Å². The Balaban J connectivity index is 1.74. The largest absolute Gasteiger partial charge is 0.369 e. The molecule has 1 N–H and O–H groups in total. The van der Waals surface area contributed by atoms with Crippen molar-refractivity contribution in [3.63, 3.8) is 0 Å². The van der Waals surface area contributed by atoms with E-state index >= 15 is 0 Å². The molecule has 0 atom stereocenters. The average molecular weight is 324 g/mol. The van der Waals surface area contributed by atoms with Crippen molar-refractivity contribution >= 4 is 21.6 Å². The lowest BCUT2D eigenvalue weighted by molar-refractivity contribution is 0.312. The number of benzene rings is 1. The molecular weight excluding hydrogens is 302 g/mol. The lowest BCUT2D eigenvalue weighted by atomic mass is 10.1. The maximum absolute atomic E-state index is 3.63. The fourth-order valence-electron chi connectivity index (χ4n) is 2.57. The summed E-state index contributed by atoms with van der Waals surface area (Å²) >= 11 is 3.61. The van der Waals surface area contributed by atoms with Crippen LogP contribution in [0.5, 0.6) is 0 Å². The number of likely N-dealkylation sites (N-methyl/N-ethyl adjacent to an activating group) is 1. The first-order chi connectivity index (χ1) is 9.22. The van der Waals surface area contributed by atoms with Gasteiger partial charge in [-0.25, -0.2) is 0 Å². The number of rotatable bonds is 4. The molecule has 1 aromatic rings. The summed E-state index contributed by atoms with van der Waals surface area (Å²) in [6.45, 7) is 5.57. The zero-order chi connectivity index (χ0) is 13.2. The second kappa shape index (κ2) is 5.81.